The lowest BCUT2D eigenvalue weighted by Gasteiger charge is -2.38. The summed E-state index contributed by atoms with van der Waals surface area (Å²) in [4.78, 5) is 86.7. The van der Waals surface area contributed by atoms with Crippen LogP contribution >= 0.6 is 23.5 Å². The van der Waals surface area contributed by atoms with E-state index in [1.165, 1.54) is 0 Å². The quantitative estimate of drug-likeness (QED) is 0.104. The van der Waals surface area contributed by atoms with Gasteiger partial charge in [0.1, 0.15) is 24.2 Å². The van der Waals surface area contributed by atoms with Crippen LogP contribution in [0, 0.1) is 10.8 Å². The molecule has 18 heteroatoms. The minimum absolute atomic E-state index is 0.158. The van der Waals surface area contributed by atoms with E-state index in [0.29, 0.717) is 63.2 Å². The molecular formula is C55H80N8O8S2. The molecule has 2 aliphatic carbocycles. The number of fused-ring (bicyclic) bond motifs is 4. The Balaban J connectivity index is 0.843. The van der Waals surface area contributed by atoms with Crippen molar-refractivity contribution in [2.24, 2.45) is 10.8 Å². The standard InChI is InChI=1S/C55H80N8O8S2/c1-32(56-8)47(64)58-38-22-26-72-42-30-53(3,4)45(62(42)51(38)68)49(66)60-43-36-20-14-12-18-34(36)28-40(43)70-24-16-10-11-17-25-71-41-29-35-19-13-15-21-37(35)44(41)61-50(67)46-54(5,6)31-55(7)63(46)52(69)39(23-27-73-55)59-48(65)33(2)57-9/h12-15,18-21,32-33,38-46,56-57H,10-11,16-17,22-31H2,1-9H3,(H,58,64)(H,59,65)(H,60,66)(H,61,67)/t32-,33-,38-,39-,40+,41+,42-,43-,44-,45+,46+,55-/m0/s1. The summed E-state index contributed by atoms with van der Waals surface area (Å²) in [6.07, 6.45) is 6.63. The van der Waals surface area contributed by atoms with Gasteiger partial charge < -0.3 is 51.2 Å². The predicted octanol–water partition coefficient (Wildman–Crippen LogP) is 4.90. The van der Waals surface area contributed by atoms with Crippen LogP contribution in [0.25, 0.3) is 0 Å². The van der Waals surface area contributed by atoms with E-state index in [4.69, 9.17) is 9.47 Å². The van der Waals surface area contributed by atoms with Crippen LogP contribution in [0.1, 0.15) is 134 Å². The third-order valence-electron chi connectivity index (χ3n) is 16.4. The van der Waals surface area contributed by atoms with Gasteiger partial charge in [0.05, 0.1) is 46.6 Å². The molecule has 0 radical (unpaired) electrons. The number of carbonyl (C=O) groups is 6. The second-order valence-corrected chi connectivity index (χ2v) is 25.6. The maximum atomic E-state index is 14.7. The number of hydrogen-bond donors (Lipinski definition) is 6. The summed E-state index contributed by atoms with van der Waals surface area (Å²) < 4.78 is 13.2. The van der Waals surface area contributed by atoms with Crippen molar-refractivity contribution in [2.75, 3.05) is 38.8 Å². The summed E-state index contributed by atoms with van der Waals surface area (Å²) in [6, 6.07) is 11.8. The van der Waals surface area contributed by atoms with Crippen molar-refractivity contribution in [3.05, 3.63) is 70.8 Å². The van der Waals surface area contributed by atoms with Gasteiger partial charge in [-0.05, 0) is 118 Å². The van der Waals surface area contributed by atoms with Crippen LogP contribution in [0.3, 0.4) is 0 Å². The van der Waals surface area contributed by atoms with Crippen LogP contribution in [0.4, 0.5) is 0 Å². The number of nitrogens with zero attached hydrogens (tertiary/aromatic N) is 2. The number of likely N-dealkylation sites (N-methyl/N-ethyl adjacent to an activating group) is 2. The summed E-state index contributed by atoms with van der Waals surface area (Å²) in [5.74, 6) is 0.0686. The van der Waals surface area contributed by atoms with Crippen molar-refractivity contribution < 1.29 is 38.2 Å². The molecule has 0 aromatic heterocycles. The Kier molecular flexibility index (Phi) is 17.3. The van der Waals surface area contributed by atoms with Gasteiger partial charge in [-0.3, -0.25) is 28.8 Å². The minimum Gasteiger partial charge on any atom is -0.375 e. The first-order valence-corrected chi connectivity index (χ1v) is 28.7. The second-order valence-electron chi connectivity index (χ2n) is 22.7. The molecule has 6 aliphatic rings. The highest BCUT2D eigenvalue weighted by atomic mass is 32.2. The van der Waals surface area contributed by atoms with Crippen LogP contribution in [0.15, 0.2) is 48.5 Å². The Hall–Kier alpha value is -4.20. The first kappa shape index (κ1) is 55.0. The highest BCUT2D eigenvalue weighted by molar-refractivity contribution is 8.00. The van der Waals surface area contributed by atoms with E-state index in [-0.39, 0.29) is 65.1 Å². The van der Waals surface area contributed by atoms with Gasteiger partial charge in [0, 0.05) is 26.1 Å². The minimum atomic E-state index is -0.740. The topological polar surface area (TPSA) is 200 Å². The number of rotatable bonds is 19. The van der Waals surface area contributed by atoms with E-state index >= 15 is 0 Å². The molecule has 2 aromatic carbocycles. The number of hydrogen-bond acceptors (Lipinski definition) is 12. The van der Waals surface area contributed by atoms with Crippen LogP contribution in [-0.4, -0.2) is 143 Å². The number of nitrogens with one attached hydrogen (secondary N) is 6. The van der Waals surface area contributed by atoms with Gasteiger partial charge >= 0.3 is 0 Å². The fraction of sp³-hybridized carbons (Fsp3) is 0.673. The molecule has 8 rings (SSSR count). The summed E-state index contributed by atoms with van der Waals surface area (Å²) in [7, 11) is 3.42. The molecule has 0 spiro atoms. The number of benzene rings is 2. The lowest BCUT2D eigenvalue weighted by atomic mass is 9.83. The molecule has 4 saturated heterocycles. The van der Waals surface area contributed by atoms with Gasteiger partial charge in [0.15, 0.2) is 0 Å². The van der Waals surface area contributed by atoms with E-state index in [9.17, 15) is 28.8 Å². The summed E-state index contributed by atoms with van der Waals surface area (Å²) in [6.45, 7) is 14.9. The van der Waals surface area contributed by atoms with Gasteiger partial charge in [-0.2, -0.15) is 0 Å². The molecule has 6 amide bonds. The Morgan fingerprint density at radius 1 is 0.658 bits per heavy atom. The molecule has 2 aromatic rings. The van der Waals surface area contributed by atoms with Crippen LogP contribution in [-0.2, 0) is 51.1 Å². The van der Waals surface area contributed by atoms with E-state index in [2.05, 4.69) is 90.8 Å². The van der Waals surface area contributed by atoms with Crippen LogP contribution in [0.5, 0.6) is 0 Å². The Bertz CT molecular complexity index is 2370. The fourth-order valence-corrected chi connectivity index (χ4v) is 15.6. The van der Waals surface area contributed by atoms with Gasteiger partial charge in [-0.25, -0.2) is 0 Å². The largest absolute Gasteiger partial charge is 0.375 e. The highest BCUT2D eigenvalue weighted by Crippen LogP contribution is 2.54. The first-order valence-electron chi connectivity index (χ1n) is 26.6. The van der Waals surface area contributed by atoms with Crippen molar-refractivity contribution in [1.29, 1.82) is 0 Å². The highest BCUT2D eigenvalue weighted by Gasteiger charge is 2.61. The second kappa shape index (κ2) is 23.0. The number of carbonyl (C=O) groups excluding carboxylic acids is 6. The lowest BCUT2D eigenvalue weighted by Crippen LogP contribution is -2.60. The Morgan fingerprint density at radius 2 is 1.15 bits per heavy atom. The lowest BCUT2D eigenvalue weighted by molar-refractivity contribution is -0.146. The zero-order valence-electron chi connectivity index (χ0n) is 44.3. The molecule has 4 aliphatic heterocycles. The molecule has 400 valence electrons. The smallest absolute Gasteiger partial charge is 0.246 e. The molecular weight excluding hydrogens is 965 g/mol. The van der Waals surface area contributed by atoms with Gasteiger partial charge in [0.2, 0.25) is 35.4 Å². The molecule has 12 atom stereocenters. The van der Waals surface area contributed by atoms with Crippen LogP contribution in [0.2, 0.25) is 0 Å². The summed E-state index contributed by atoms with van der Waals surface area (Å²) in [5, 5.41) is 18.4. The van der Waals surface area contributed by atoms with E-state index < -0.39 is 52.0 Å². The van der Waals surface area contributed by atoms with Crippen molar-refractivity contribution in [1.82, 2.24) is 41.7 Å². The van der Waals surface area contributed by atoms with Crippen molar-refractivity contribution in [2.45, 2.75) is 183 Å². The summed E-state index contributed by atoms with van der Waals surface area (Å²) in [5.41, 5.74) is 3.32. The maximum Gasteiger partial charge on any atom is 0.246 e. The van der Waals surface area contributed by atoms with E-state index in [1.807, 2.05) is 24.3 Å². The van der Waals surface area contributed by atoms with E-state index in [1.54, 1.807) is 61.3 Å². The Morgan fingerprint density at radius 3 is 1.68 bits per heavy atom. The molecule has 4 fully saturated rings. The molecule has 0 saturated carbocycles. The maximum absolute atomic E-state index is 14.7. The SMILES string of the molecule is CN[C@@H](C)C(=O)N[C@H]1CCS[C@H]2CC(C)(C)[C@@H](C(=O)N[C@H]3c4ccccc4C[C@H]3OCCCCCCO[C@@H]3Cc4ccccc4[C@@H]3NC(=O)[C@H]3N4C(=O)[C@@H](NC(=O)[C@H](C)NC)CCS[C@@]4(C)CC3(C)C)N2C1=O. The summed E-state index contributed by atoms with van der Waals surface area (Å²) >= 11 is 3.37. The van der Waals surface area contributed by atoms with Crippen molar-refractivity contribution in [3.63, 3.8) is 0 Å². The number of ether oxygens (including phenoxy) is 2. The number of thioether (sulfide) groups is 2. The molecule has 16 nitrogen and oxygen atoms in total. The number of unbranched alkanes of at least 4 members (excludes halogenated alkanes) is 3. The van der Waals surface area contributed by atoms with Crippen molar-refractivity contribution >= 4 is 59.0 Å². The average molecular weight is 1050 g/mol. The first-order chi connectivity index (χ1) is 34.8. The van der Waals surface area contributed by atoms with Crippen molar-refractivity contribution in [3.8, 4) is 0 Å². The van der Waals surface area contributed by atoms with Gasteiger partial charge in [-0.1, -0.05) is 89.1 Å². The zero-order valence-corrected chi connectivity index (χ0v) is 46.0. The zero-order chi connectivity index (χ0) is 52.4. The molecule has 4 heterocycles. The monoisotopic (exact) mass is 1040 g/mol. The number of amides is 6. The third-order valence-corrected chi connectivity index (χ3v) is 19.0. The predicted molar refractivity (Wildman–Crippen MR) is 285 cm³/mol. The fourth-order valence-electron chi connectivity index (χ4n) is 12.4. The molecule has 6 N–H and O–H groups in total. The third kappa shape index (κ3) is 11.6. The van der Waals surface area contributed by atoms with Crippen LogP contribution < -0.4 is 31.9 Å². The van der Waals surface area contributed by atoms with Gasteiger partial charge in [0.25, 0.3) is 0 Å². The Labute approximate surface area is 440 Å². The van der Waals surface area contributed by atoms with Gasteiger partial charge in [-0.15, -0.1) is 23.5 Å². The molecule has 0 unspecified atom stereocenters. The molecule has 73 heavy (non-hydrogen) atoms. The normalized spacial score (nSPS) is 30.8. The van der Waals surface area contributed by atoms with E-state index in [0.717, 1.165) is 47.9 Å². The average Bonchev–Trinajstić information content (AvgIpc) is 3.98. The molecule has 0 bridgehead atoms.